The molecule has 2 aromatic rings. The minimum atomic E-state index is 0.448. The highest BCUT2D eigenvalue weighted by Gasteiger charge is 2.23. The highest BCUT2D eigenvalue weighted by molar-refractivity contribution is 6.30. The fourth-order valence-corrected chi connectivity index (χ4v) is 3.21. The van der Waals surface area contributed by atoms with E-state index in [2.05, 4.69) is 55.4 Å². The molecule has 1 aliphatic heterocycles. The summed E-state index contributed by atoms with van der Waals surface area (Å²) in [5.74, 6) is 1.43. The zero-order valence-electron chi connectivity index (χ0n) is 13.6. The summed E-state index contributed by atoms with van der Waals surface area (Å²) in [6.45, 7) is 1.77. The molecule has 1 aliphatic rings. The summed E-state index contributed by atoms with van der Waals surface area (Å²) in [6.07, 6.45) is 3.30. The molecule has 1 atom stereocenters. The first kappa shape index (κ1) is 16.1. The second-order valence-corrected chi connectivity index (χ2v) is 6.68. The SMILES string of the molecule is CN(C)CC1CCOc2ccccc2C1=Cc1ccc(Cl)cc1. The largest absolute Gasteiger partial charge is 0.493 e. The van der Waals surface area contributed by atoms with E-state index < -0.39 is 0 Å². The molecule has 0 aliphatic carbocycles. The lowest BCUT2D eigenvalue weighted by Crippen LogP contribution is -2.23. The fraction of sp³-hybridized carbons (Fsp3) is 0.300. The quantitative estimate of drug-likeness (QED) is 0.799. The van der Waals surface area contributed by atoms with Crippen molar-refractivity contribution in [1.82, 2.24) is 4.90 Å². The number of ether oxygens (including phenoxy) is 1. The van der Waals surface area contributed by atoms with Crippen molar-refractivity contribution in [3.63, 3.8) is 0 Å². The van der Waals surface area contributed by atoms with Crippen LogP contribution >= 0.6 is 11.6 Å². The molecular formula is C20H22ClNO. The Morgan fingerprint density at radius 3 is 2.61 bits per heavy atom. The van der Waals surface area contributed by atoms with E-state index in [4.69, 9.17) is 16.3 Å². The van der Waals surface area contributed by atoms with E-state index in [1.807, 2.05) is 18.2 Å². The van der Waals surface area contributed by atoms with Gasteiger partial charge in [-0.25, -0.2) is 0 Å². The van der Waals surface area contributed by atoms with E-state index in [1.165, 1.54) is 16.7 Å². The predicted octanol–water partition coefficient (Wildman–Crippen LogP) is 4.84. The minimum absolute atomic E-state index is 0.448. The molecule has 23 heavy (non-hydrogen) atoms. The molecule has 3 rings (SSSR count). The van der Waals surface area contributed by atoms with E-state index in [-0.39, 0.29) is 0 Å². The fourth-order valence-electron chi connectivity index (χ4n) is 3.08. The molecular weight excluding hydrogens is 306 g/mol. The van der Waals surface area contributed by atoms with Crippen LogP contribution in [0.25, 0.3) is 11.6 Å². The Labute approximate surface area is 143 Å². The van der Waals surface area contributed by atoms with Crippen molar-refractivity contribution in [2.24, 2.45) is 5.92 Å². The number of halogens is 1. The number of rotatable bonds is 3. The van der Waals surface area contributed by atoms with Crippen molar-refractivity contribution in [3.05, 3.63) is 64.7 Å². The molecule has 0 saturated heterocycles. The van der Waals surface area contributed by atoms with Crippen LogP contribution in [0.1, 0.15) is 17.5 Å². The maximum Gasteiger partial charge on any atom is 0.126 e. The maximum absolute atomic E-state index is 6.01. The summed E-state index contributed by atoms with van der Waals surface area (Å²) in [4.78, 5) is 2.24. The van der Waals surface area contributed by atoms with Crippen LogP contribution in [0.4, 0.5) is 0 Å². The molecule has 120 valence electrons. The molecule has 2 aromatic carbocycles. The first-order valence-corrected chi connectivity index (χ1v) is 8.35. The van der Waals surface area contributed by atoms with Gasteiger partial charge in [0.25, 0.3) is 0 Å². The number of hydrogen-bond acceptors (Lipinski definition) is 2. The zero-order chi connectivity index (χ0) is 16.2. The number of benzene rings is 2. The van der Waals surface area contributed by atoms with Crippen molar-refractivity contribution >= 4 is 23.3 Å². The zero-order valence-corrected chi connectivity index (χ0v) is 14.4. The van der Waals surface area contributed by atoms with Crippen LogP contribution in [0.5, 0.6) is 5.75 Å². The standard InChI is InChI=1S/C20H22ClNO/c1-22(2)14-16-11-12-23-20-6-4-3-5-18(20)19(16)13-15-7-9-17(21)10-8-15/h3-10,13,16H,11-12,14H2,1-2H3. The van der Waals surface area contributed by atoms with Gasteiger partial charge in [-0.15, -0.1) is 0 Å². The third-order valence-electron chi connectivity index (χ3n) is 4.14. The van der Waals surface area contributed by atoms with Crippen molar-refractivity contribution in [1.29, 1.82) is 0 Å². The summed E-state index contributed by atoms with van der Waals surface area (Å²) in [5, 5.41) is 0.765. The number of nitrogens with zero attached hydrogens (tertiary/aromatic N) is 1. The third kappa shape index (κ3) is 3.95. The lowest BCUT2D eigenvalue weighted by Gasteiger charge is -2.22. The molecule has 0 amide bonds. The molecule has 0 spiro atoms. The van der Waals surface area contributed by atoms with Gasteiger partial charge in [0.1, 0.15) is 5.75 Å². The summed E-state index contributed by atoms with van der Waals surface area (Å²) < 4.78 is 5.97. The summed E-state index contributed by atoms with van der Waals surface area (Å²) in [7, 11) is 4.25. The molecule has 2 nitrogen and oxygen atoms in total. The van der Waals surface area contributed by atoms with Gasteiger partial charge >= 0.3 is 0 Å². The summed E-state index contributed by atoms with van der Waals surface area (Å²) in [6, 6.07) is 16.3. The Kier molecular flexibility index (Phi) is 5.04. The summed E-state index contributed by atoms with van der Waals surface area (Å²) in [5.41, 5.74) is 3.71. The molecule has 1 unspecified atom stereocenters. The van der Waals surface area contributed by atoms with Crippen LogP contribution in [-0.2, 0) is 0 Å². The Hall–Kier alpha value is -1.77. The number of hydrogen-bond donors (Lipinski definition) is 0. The Balaban J connectivity index is 2.06. The molecule has 0 aromatic heterocycles. The number of para-hydroxylation sites is 1. The van der Waals surface area contributed by atoms with Gasteiger partial charge < -0.3 is 9.64 Å². The second kappa shape index (κ2) is 7.20. The highest BCUT2D eigenvalue weighted by Crippen LogP contribution is 2.37. The second-order valence-electron chi connectivity index (χ2n) is 6.24. The number of fused-ring (bicyclic) bond motifs is 1. The van der Waals surface area contributed by atoms with Crippen LogP contribution in [-0.4, -0.2) is 32.1 Å². The van der Waals surface area contributed by atoms with Crippen molar-refractivity contribution < 1.29 is 4.74 Å². The van der Waals surface area contributed by atoms with Gasteiger partial charge in [-0.1, -0.05) is 48.0 Å². The van der Waals surface area contributed by atoms with Gasteiger partial charge in [-0.3, -0.25) is 0 Å². The van der Waals surface area contributed by atoms with Gasteiger partial charge in [0, 0.05) is 23.0 Å². The van der Waals surface area contributed by atoms with E-state index >= 15 is 0 Å². The van der Waals surface area contributed by atoms with E-state index in [1.54, 1.807) is 0 Å². The van der Waals surface area contributed by atoms with Crippen LogP contribution in [0, 0.1) is 5.92 Å². The lowest BCUT2D eigenvalue weighted by molar-refractivity contribution is 0.279. The van der Waals surface area contributed by atoms with Crippen molar-refractivity contribution in [2.45, 2.75) is 6.42 Å². The molecule has 0 N–H and O–H groups in total. The smallest absolute Gasteiger partial charge is 0.126 e. The van der Waals surface area contributed by atoms with Crippen molar-refractivity contribution in [3.8, 4) is 5.75 Å². The van der Waals surface area contributed by atoms with Crippen LogP contribution in [0.15, 0.2) is 48.5 Å². The Morgan fingerprint density at radius 1 is 1.13 bits per heavy atom. The van der Waals surface area contributed by atoms with E-state index in [9.17, 15) is 0 Å². The van der Waals surface area contributed by atoms with Gasteiger partial charge in [-0.05, 0) is 49.9 Å². The predicted molar refractivity (Wildman–Crippen MR) is 97.9 cm³/mol. The van der Waals surface area contributed by atoms with Crippen LogP contribution in [0.3, 0.4) is 0 Å². The molecule has 0 saturated carbocycles. The first-order valence-electron chi connectivity index (χ1n) is 7.97. The average Bonchev–Trinajstić information content (AvgIpc) is 2.69. The lowest BCUT2D eigenvalue weighted by atomic mass is 9.88. The molecule has 1 heterocycles. The summed E-state index contributed by atoms with van der Waals surface area (Å²) >= 11 is 6.01. The van der Waals surface area contributed by atoms with Gasteiger partial charge in [-0.2, -0.15) is 0 Å². The molecule has 0 fully saturated rings. The normalized spacial score (nSPS) is 19.3. The Morgan fingerprint density at radius 2 is 1.87 bits per heavy atom. The highest BCUT2D eigenvalue weighted by atomic mass is 35.5. The Bertz CT molecular complexity index is 691. The average molecular weight is 328 g/mol. The monoisotopic (exact) mass is 327 g/mol. The third-order valence-corrected chi connectivity index (χ3v) is 4.39. The minimum Gasteiger partial charge on any atom is -0.493 e. The van der Waals surface area contributed by atoms with E-state index in [0.29, 0.717) is 5.92 Å². The molecule has 0 bridgehead atoms. The van der Waals surface area contributed by atoms with Crippen LogP contribution < -0.4 is 4.74 Å². The molecule has 3 heteroatoms. The topological polar surface area (TPSA) is 12.5 Å². The van der Waals surface area contributed by atoms with Crippen LogP contribution in [0.2, 0.25) is 5.02 Å². The first-order chi connectivity index (χ1) is 11.1. The van der Waals surface area contributed by atoms with E-state index in [0.717, 1.165) is 30.3 Å². The van der Waals surface area contributed by atoms with Gasteiger partial charge in [0.05, 0.1) is 6.61 Å². The van der Waals surface area contributed by atoms with Gasteiger partial charge in [0.2, 0.25) is 0 Å². The maximum atomic E-state index is 6.01. The molecule has 0 radical (unpaired) electrons. The van der Waals surface area contributed by atoms with Crippen molar-refractivity contribution in [2.75, 3.05) is 27.2 Å². The van der Waals surface area contributed by atoms with Gasteiger partial charge in [0.15, 0.2) is 0 Å².